The smallest absolute Gasteiger partial charge is 0.416 e. The molecule has 1 heterocycles. The molecule has 0 bridgehead atoms. The van der Waals surface area contributed by atoms with E-state index in [9.17, 15) is 36.0 Å². The van der Waals surface area contributed by atoms with Crippen molar-refractivity contribution in [2.45, 2.75) is 42.6 Å². The van der Waals surface area contributed by atoms with E-state index in [-0.39, 0.29) is 33.6 Å². The van der Waals surface area contributed by atoms with Crippen LogP contribution < -0.4 is 10.9 Å². The lowest BCUT2D eigenvalue weighted by Crippen LogP contribution is -2.33. The summed E-state index contributed by atoms with van der Waals surface area (Å²) >= 11 is 0. The molecule has 0 atom stereocenters. The zero-order valence-electron chi connectivity index (χ0n) is 20.5. The topological polar surface area (TPSA) is 123 Å². The van der Waals surface area contributed by atoms with Crippen LogP contribution in [0.3, 0.4) is 0 Å². The molecule has 1 saturated carbocycles. The van der Waals surface area contributed by atoms with Gasteiger partial charge in [-0.2, -0.15) is 13.2 Å². The highest BCUT2D eigenvalue weighted by molar-refractivity contribution is 7.92. The van der Waals surface area contributed by atoms with Crippen LogP contribution >= 0.6 is 0 Å². The molecule has 0 aliphatic heterocycles. The Morgan fingerprint density at radius 3 is 2.36 bits per heavy atom. The van der Waals surface area contributed by atoms with E-state index in [2.05, 4.69) is 5.32 Å². The molecule has 39 heavy (non-hydrogen) atoms. The second kappa shape index (κ2) is 10.5. The van der Waals surface area contributed by atoms with Crippen LogP contribution in [0.25, 0.3) is 11.8 Å². The number of nitrogens with zero attached hydrogens (tertiary/aromatic N) is 1. The fourth-order valence-corrected chi connectivity index (χ4v) is 5.65. The van der Waals surface area contributed by atoms with Crippen LogP contribution in [0.2, 0.25) is 0 Å². The number of nitrogens with one attached hydrogen (secondary N) is 1. The molecule has 1 aliphatic carbocycles. The number of aliphatic carboxylic acids is 1. The number of hydrogen-bond donors (Lipinski definition) is 2. The number of pyridine rings is 1. The van der Waals surface area contributed by atoms with Gasteiger partial charge in [-0.3, -0.25) is 14.2 Å². The first kappa shape index (κ1) is 27.8. The van der Waals surface area contributed by atoms with Crippen molar-refractivity contribution in [3.05, 3.63) is 99.0 Å². The highest BCUT2D eigenvalue weighted by Gasteiger charge is 2.36. The third-order valence-corrected chi connectivity index (χ3v) is 8.51. The molecule has 1 fully saturated rings. The number of carboxylic acids is 1. The Hall–Kier alpha value is -4.19. The van der Waals surface area contributed by atoms with Gasteiger partial charge >= 0.3 is 12.1 Å². The maximum atomic E-state index is 13.3. The number of alkyl halides is 3. The number of rotatable bonds is 8. The van der Waals surface area contributed by atoms with Crippen LogP contribution in [0.1, 0.15) is 45.6 Å². The fraction of sp³-hybridized carbons (Fsp3) is 0.222. The van der Waals surface area contributed by atoms with Crippen molar-refractivity contribution in [2.24, 2.45) is 0 Å². The van der Waals surface area contributed by atoms with Gasteiger partial charge in [-0.05, 0) is 73.4 Å². The second-order valence-electron chi connectivity index (χ2n) is 9.03. The molecule has 2 N–H and O–H groups in total. The normalized spacial score (nSPS) is 13.9. The molecule has 0 saturated heterocycles. The maximum Gasteiger partial charge on any atom is 0.416 e. The number of halogens is 3. The molecule has 4 rings (SSSR count). The number of carbonyl (C=O) groups is 2. The summed E-state index contributed by atoms with van der Waals surface area (Å²) in [4.78, 5) is 37.6. The summed E-state index contributed by atoms with van der Waals surface area (Å²) in [5, 5.41) is 11.2. The van der Waals surface area contributed by atoms with E-state index in [1.165, 1.54) is 43.3 Å². The van der Waals surface area contributed by atoms with Crippen molar-refractivity contribution < 1.29 is 36.3 Å². The quantitative estimate of drug-likeness (QED) is 0.400. The van der Waals surface area contributed by atoms with Crippen molar-refractivity contribution in [2.75, 3.05) is 0 Å². The molecule has 0 radical (unpaired) electrons. The van der Waals surface area contributed by atoms with Gasteiger partial charge in [-0.15, -0.1) is 0 Å². The summed E-state index contributed by atoms with van der Waals surface area (Å²) in [6.07, 6.45) is -1.52. The minimum atomic E-state index is -4.68. The first-order valence-corrected chi connectivity index (χ1v) is 13.3. The fourth-order valence-electron chi connectivity index (χ4n) is 3.99. The van der Waals surface area contributed by atoms with Gasteiger partial charge in [-0.1, -0.05) is 18.2 Å². The van der Waals surface area contributed by atoms with Crippen LogP contribution in [0.15, 0.2) is 70.4 Å². The molecular formula is C27H23F3N2O6S. The minimum Gasteiger partial charge on any atom is -0.478 e. The largest absolute Gasteiger partial charge is 0.478 e. The van der Waals surface area contributed by atoms with Crippen molar-refractivity contribution in [3.8, 4) is 5.69 Å². The van der Waals surface area contributed by atoms with Crippen molar-refractivity contribution in [1.82, 2.24) is 9.88 Å². The molecule has 1 amide bonds. The van der Waals surface area contributed by atoms with Crippen LogP contribution in [-0.4, -0.2) is 35.2 Å². The summed E-state index contributed by atoms with van der Waals surface area (Å²) < 4.78 is 65.6. The molecular weight excluding hydrogens is 537 g/mol. The standard InChI is InChI=1S/C27H23F3N2O6S/c1-16-18(7-12-24(33)34)13-23(26(36)32(16)20-4-2-3-19(14-20)27(28,29)30)25(35)31-15-17-5-8-21(9-6-17)39(37,38)22-10-11-22/h2-9,12-14,22H,10-11,15H2,1H3,(H,31,35)(H,33,34)/b12-7+. The summed E-state index contributed by atoms with van der Waals surface area (Å²) in [5.41, 5.74) is -1.67. The van der Waals surface area contributed by atoms with E-state index in [0.29, 0.717) is 18.4 Å². The molecule has 8 nitrogen and oxygen atoms in total. The van der Waals surface area contributed by atoms with E-state index in [1.54, 1.807) is 0 Å². The second-order valence-corrected chi connectivity index (χ2v) is 11.3. The zero-order valence-corrected chi connectivity index (χ0v) is 21.3. The predicted molar refractivity (Wildman–Crippen MR) is 136 cm³/mol. The van der Waals surface area contributed by atoms with E-state index in [0.717, 1.165) is 34.9 Å². The monoisotopic (exact) mass is 560 g/mol. The molecule has 1 aromatic heterocycles. The van der Waals surface area contributed by atoms with Gasteiger partial charge < -0.3 is 10.4 Å². The van der Waals surface area contributed by atoms with E-state index >= 15 is 0 Å². The average Bonchev–Trinajstić information content (AvgIpc) is 3.73. The van der Waals surface area contributed by atoms with Gasteiger partial charge in [0.2, 0.25) is 0 Å². The number of aromatic nitrogens is 1. The first-order valence-electron chi connectivity index (χ1n) is 11.8. The lowest BCUT2D eigenvalue weighted by molar-refractivity contribution is -0.137. The number of carbonyl (C=O) groups excluding carboxylic acids is 1. The van der Waals surface area contributed by atoms with E-state index in [4.69, 9.17) is 5.11 Å². The SMILES string of the molecule is Cc1c(/C=C/C(=O)O)cc(C(=O)NCc2ccc(S(=O)(=O)C3CC3)cc2)c(=O)n1-c1cccc(C(F)(F)F)c1. The van der Waals surface area contributed by atoms with Crippen LogP contribution in [0, 0.1) is 6.92 Å². The summed E-state index contributed by atoms with van der Waals surface area (Å²) in [7, 11) is -3.38. The molecule has 2 aromatic carbocycles. The van der Waals surface area contributed by atoms with Gasteiger partial charge in [0.25, 0.3) is 11.5 Å². The Morgan fingerprint density at radius 1 is 1.10 bits per heavy atom. The van der Waals surface area contributed by atoms with Gasteiger partial charge in [-0.25, -0.2) is 13.2 Å². The molecule has 0 unspecified atom stereocenters. The lowest BCUT2D eigenvalue weighted by atomic mass is 10.1. The number of amides is 1. The summed E-state index contributed by atoms with van der Waals surface area (Å²) in [6, 6.07) is 11.1. The van der Waals surface area contributed by atoms with E-state index < -0.39 is 44.6 Å². The van der Waals surface area contributed by atoms with E-state index in [1.807, 2.05) is 0 Å². The van der Waals surface area contributed by atoms with Crippen LogP contribution in [-0.2, 0) is 27.4 Å². The van der Waals surface area contributed by atoms with Crippen molar-refractivity contribution >= 4 is 27.8 Å². The Morgan fingerprint density at radius 2 is 1.77 bits per heavy atom. The van der Waals surface area contributed by atoms with Gasteiger partial charge in [0.05, 0.1) is 15.7 Å². The molecule has 1 aliphatic rings. The predicted octanol–water partition coefficient (Wildman–Crippen LogP) is 4.13. The van der Waals surface area contributed by atoms with Crippen LogP contribution in [0.4, 0.5) is 13.2 Å². The third kappa shape index (κ3) is 6.11. The summed E-state index contributed by atoms with van der Waals surface area (Å²) in [6.45, 7) is 1.35. The zero-order chi connectivity index (χ0) is 28.5. The van der Waals surface area contributed by atoms with Crippen molar-refractivity contribution in [3.63, 3.8) is 0 Å². The Labute approximate surface area is 221 Å². The third-order valence-electron chi connectivity index (χ3n) is 6.24. The molecule has 12 heteroatoms. The Balaban J connectivity index is 1.68. The summed E-state index contributed by atoms with van der Waals surface area (Å²) in [5.74, 6) is -2.15. The lowest BCUT2D eigenvalue weighted by Gasteiger charge is -2.17. The number of hydrogen-bond acceptors (Lipinski definition) is 5. The minimum absolute atomic E-state index is 0.0697. The highest BCUT2D eigenvalue weighted by Crippen LogP contribution is 2.33. The van der Waals surface area contributed by atoms with Gasteiger partial charge in [0.15, 0.2) is 9.84 Å². The highest BCUT2D eigenvalue weighted by atomic mass is 32.2. The number of benzene rings is 2. The van der Waals surface area contributed by atoms with Crippen LogP contribution in [0.5, 0.6) is 0 Å². The first-order chi connectivity index (χ1) is 18.3. The number of sulfone groups is 1. The maximum absolute atomic E-state index is 13.3. The Bertz CT molecular complexity index is 1640. The molecule has 3 aromatic rings. The molecule has 0 spiro atoms. The van der Waals surface area contributed by atoms with Crippen molar-refractivity contribution in [1.29, 1.82) is 0 Å². The van der Waals surface area contributed by atoms with Gasteiger partial charge in [0, 0.05) is 24.0 Å². The average molecular weight is 561 g/mol. The Kier molecular flexibility index (Phi) is 7.51. The molecule has 204 valence electrons. The number of carboxylic acid groups (broad SMARTS) is 1. The van der Waals surface area contributed by atoms with Gasteiger partial charge in [0.1, 0.15) is 5.56 Å².